The van der Waals surface area contributed by atoms with Crippen molar-refractivity contribution in [3.8, 4) is 34.1 Å². The smallest absolute Gasteiger partial charge is 0.130 e. The van der Waals surface area contributed by atoms with E-state index < -0.39 is 0 Å². The fraction of sp³-hybridized carbons (Fsp3) is 0.360. The summed E-state index contributed by atoms with van der Waals surface area (Å²) in [5, 5.41) is 16.3. The van der Waals surface area contributed by atoms with Gasteiger partial charge in [-0.3, -0.25) is 0 Å². The number of fused-ring (bicyclic) bond motifs is 2. The highest BCUT2D eigenvalue weighted by molar-refractivity contribution is 6.06. The van der Waals surface area contributed by atoms with E-state index in [1.54, 1.807) is 27.4 Å². The van der Waals surface area contributed by atoms with E-state index in [-0.39, 0.29) is 17.8 Å². The Labute approximate surface area is 177 Å². The molecule has 4 rings (SSSR count). The molecule has 5 nitrogen and oxygen atoms in total. The van der Waals surface area contributed by atoms with Gasteiger partial charge in [0, 0.05) is 29.3 Å². The molecule has 0 saturated carbocycles. The number of ether oxygens (including phenoxy) is 3. The van der Waals surface area contributed by atoms with Crippen molar-refractivity contribution in [1.29, 1.82) is 0 Å². The first kappa shape index (κ1) is 20.4. The van der Waals surface area contributed by atoms with Crippen LogP contribution in [0.15, 0.2) is 30.3 Å². The molecule has 0 saturated heterocycles. The summed E-state index contributed by atoms with van der Waals surface area (Å²) < 4.78 is 17.2. The number of hydrogen-bond donors (Lipinski definition) is 2. The van der Waals surface area contributed by atoms with Crippen LogP contribution in [0.1, 0.15) is 36.6 Å². The zero-order valence-electron chi connectivity index (χ0n) is 18.4. The molecule has 1 heterocycles. The first-order valence-corrected chi connectivity index (χ1v) is 10.2. The van der Waals surface area contributed by atoms with Crippen LogP contribution in [0.2, 0.25) is 0 Å². The molecule has 5 heteroatoms. The molecule has 1 aliphatic rings. The highest BCUT2D eigenvalue weighted by Gasteiger charge is 2.30. The second-order valence-corrected chi connectivity index (χ2v) is 8.01. The van der Waals surface area contributed by atoms with Crippen molar-refractivity contribution >= 4 is 10.8 Å². The summed E-state index contributed by atoms with van der Waals surface area (Å²) in [6.45, 7) is 6.34. The van der Waals surface area contributed by atoms with Gasteiger partial charge in [-0.25, -0.2) is 0 Å². The lowest BCUT2D eigenvalue weighted by atomic mass is 9.81. The Bertz CT molecular complexity index is 1120. The number of aromatic hydroxyl groups is 1. The van der Waals surface area contributed by atoms with Gasteiger partial charge in [0.15, 0.2) is 0 Å². The SMILES string of the molecule is COc1cc(O)c2c(c1-c1c(C)cc(OC)c3c(OC)cccc13)C[C@H](C)N[C@H]2C. The molecule has 0 radical (unpaired) electrons. The van der Waals surface area contributed by atoms with Crippen molar-refractivity contribution in [2.45, 2.75) is 39.3 Å². The van der Waals surface area contributed by atoms with Gasteiger partial charge in [0.1, 0.15) is 23.0 Å². The number of methoxy groups -OCH3 is 3. The lowest BCUT2D eigenvalue weighted by molar-refractivity contribution is 0.389. The fourth-order valence-electron chi connectivity index (χ4n) is 4.93. The lowest BCUT2D eigenvalue weighted by Gasteiger charge is -2.33. The molecule has 30 heavy (non-hydrogen) atoms. The molecule has 0 amide bonds. The highest BCUT2D eigenvalue weighted by atomic mass is 16.5. The maximum atomic E-state index is 10.8. The molecule has 0 aliphatic carbocycles. The largest absolute Gasteiger partial charge is 0.507 e. The normalized spacial score (nSPS) is 18.2. The van der Waals surface area contributed by atoms with Gasteiger partial charge in [-0.2, -0.15) is 0 Å². The van der Waals surface area contributed by atoms with Gasteiger partial charge in [0.05, 0.1) is 26.7 Å². The Morgan fingerprint density at radius 1 is 0.933 bits per heavy atom. The van der Waals surface area contributed by atoms with E-state index >= 15 is 0 Å². The average Bonchev–Trinajstić information content (AvgIpc) is 2.72. The van der Waals surface area contributed by atoms with Gasteiger partial charge in [-0.05, 0) is 61.4 Å². The molecular formula is C25H29NO4. The molecule has 0 fully saturated rings. The van der Waals surface area contributed by atoms with Gasteiger partial charge < -0.3 is 24.6 Å². The third kappa shape index (κ3) is 3.05. The standard InChI is InChI=1S/C25H29NO4/c1-13-10-20(29-5)24-16(8-7-9-19(24)28-4)22(13)25-17-11-14(2)26-15(3)23(17)18(27)12-21(25)30-6/h7-10,12,14-15,26-27H,11H2,1-6H3/t14-,15-/m0/s1. The number of hydrogen-bond acceptors (Lipinski definition) is 5. The summed E-state index contributed by atoms with van der Waals surface area (Å²) in [4.78, 5) is 0. The van der Waals surface area contributed by atoms with E-state index in [1.807, 2.05) is 18.2 Å². The molecule has 0 aromatic heterocycles. The lowest BCUT2D eigenvalue weighted by Crippen LogP contribution is -2.36. The highest BCUT2D eigenvalue weighted by Crippen LogP contribution is 2.49. The Hall–Kier alpha value is -2.92. The summed E-state index contributed by atoms with van der Waals surface area (Å²) in [5.74, 6) is 2.48. The van der Waals surface area contributed by atoms with Crippen LogP contribution in [-0.4, -0.2) is 32.5 Å². The van der Waals surface area contributed by atoms with E-state index in [0.717, 1.165) is 56.5 Å². The molecule has 0 bridgehead atoms. The summed E-state index contributed by atoms with van der Waals surface area (Å²) in [7, 11) is 5.00. The number of aryl methyl sites for hydroxylation is 1. The minimum absolute atomic E-state index is 0.0489. The zero-order valence-corrected chi connectivity index (χ0v) is 18.4. The third-order valence-corrected chi connectivity index (χ3v) is 6.09. The van der Waals surface area contributed by atoms with Crippen LogP contribution in [0.25, 0.3) is 21.9 Å². The molecule has 3 aromatic carbocycles. The average molecular weight is 408 g/mol. The molecular weight excluding hydrogens is 378 g/mol. The fourth-order valence-corrected chi connectivity index (χ4v) is 4.93. The summed E-state index contributed by atoms with van der Waals surface area (Å²) >= 11 is 0. The first-order valence-electron chi connectivity index (χ1n) is 10.2. The van der Waals surface area contributed by atoms with Crippen molar-refractivity contribution < 1.29 is 19.3 Å². The number of phenolic OH excluding ortho intramolecular Hbond substituents is 1. The Morgan fingerprint density at radius 2 is 1.63 bits per heavy atom. The van der Waals surface area contributed by atoms with Crippen LogP contribution in [0.4, 0.5) is 0 Å². The minimum atomic E-state index is 0.0489. The quantitative estimate of drug-likeness (QED) is 0.627. The third-order valence-electron chi connectivity index (χ3n) is 6.09. The van der Waals surface area contributed by atoms with Gasteiger partial charge >= 0.3 is 0 Å². The number of benzene rings is 3. The second-order valence-electron chi connectivity index (χ2n) is 8.01. The molecule has 1 aliphatic heterocycles. The van der Waals surface area contributed by atoms with Crippen LogP contribution in [0.5, 0.6) is 23.0 Å². The van der Waals surface area contributed by atoms with E-state index in [0.29, 0.717) is 5.75 Å². The van der Waals surface area contributed by atoms with E-state index in [1.165, 1.54) is 0 Å². The Morgan fingerprint density at radius 3 is 2.30 bits per heavy atom. The van der Waals surface area contributed by atoms with E-state index in [9.17, 15) is 5.11 Å². The predicted octanol–water partition coefficient (Wildman–Crippen LogP) is 5.14. The number of rotatable bonds is 4. The topological polar surface area (TPSA) is 60.0 Å². The molecule has 0 unspecified atom stereocenters. The van der Waals surface area contributed by atoms with Crippen LogP contribution in [0, 0.1) is 6.92 Å². The zero-order chi connectivity index (χ0) is 21.6. The van der Waals surface area contributed by atoms with Crippen molar-refractivity contribution in [3.63, 3.8) is 0 Å². The van der Waals surface area contributed by atoms with Crippen LogP contribution >= 0.6 is 0 Å². The first-order chi connectivity index (χ1) is 14.4. The second kappa shape index (κ2) is 7.73. The van der Waals surface area contributed by atoms with E-state index in [2.05, 4.69) is 32.2 Å². The summed E-state index contributed by atoms with van der Waals surface area (Å²) in [5.41, 5.74) is 5.26. The van der Waals surface area contributed by atoms with Crippen molar-refractivity contribution in [1.82, 2.24) is 5.32 Å². The van der Waals surface area contributed by atoms with Crippen LogP contribution < -0.4 is 19.5 Å². The molecule has 3 aromatic rings. The summed E-state index contributed by atoms with van der Waals surface area (Å²) in [6.07, 6.45) is 0.802. The maximum Gasteiger partial charge on any atom is 0.130 e. The number of nitrogens with one attached hydrogen (secondary N) is 1. The van der Waals surface area contributed by atoms with Gasteiger partial charge in [-0.15, -0.1) is 0 Å². The molecule has 2 atom stereocenters. The monoisotopic (exact) mass is 407 g/mol. The minimum Gasteiger partial charge on any atom is -0.507 e. The van der Waals surface area contributed by atoms with Crippen molar-refractivity contribution in [2.75, 3.05) is 21.3 Å². The van der Waals surface area contributed by atoms with Gasteiger partial charge in [-0.1, -0.05) is 12.1 Å². The molecule has 158 valence electrons. The van der Waals surface area contributed by atoms with Crippen LogP contribution in [0.3, 0.4) is 0 Å². The van der Waals surface area contributed by atoms with E-state index in [4.69, 9.17) is 14.2 Å². The van der Waals surface area contributed by atoms with Crippen molar-refractivity contribution in [3.05, 3.63) is 47.0 Å². The van der Waals surface area contributed by atoms with Gasteiger partial charge in [0.2, 0.25) is 0 Å². The molecule has 2 N–H and O–H groups in total. The Balaban J connectivity index is 2.17. The predicted molar refractivity (Wildman–Crippen MR) is 120 cm³/mol. The maximum absolute atomic E-state index is 10.8. The van der Waals surface area contributed by atoms with Crippen molar-refractivity contribution in [2.24, 2.45) is 0 Å². The van der Waals surface area contributed by atoms with Gasteiger partial charge in [0.25, 0.3) is 0 Å². The summed E-state index contributed by atoms with van der Waals surface area (Å²) in [6, 6.07) is 10.2. The molecule has 0 spiro atoms. The van der Waals surface area contributed by atoms with Crippen LogP contribution in [-0.2, 0) is 6.42 Å². The Kier molecular flexibility index (Phi) is 5.24. The number of phenols is 1.